The zero-order valence-electron chi connectivity index (χ0n) is 13.2. The molecule has 0 N–H and O–H groups in total. The summed E-state index contributed by atoms with van der Waals surface area (Å²) in [6.07, 6.45) is 1.82. The Morgan fingerprint density at radius 3 is 2.38 bits per heavy atom. The third-order valence-electron chi connectivity index (χ3n) is 5.49. The van der Waals surface area contributed by atoms with E-state index in [2.05, 4.69) is 17.0 Å². The third kappa shape index (κ3) is 2.49. The zero-order chi connectivity index (χ0) is 16.7. The van der Waals surface area contributed by atoms with E-state index in [0.717, 1.165) is 24.9 Å². The van der Waals surface area contributed by atoms with E-state index in [9.17, 15) is 14.5 Å². The van der Waals surface area contributed by atoms with E-state index >= 15 is 0 Å². The van der Waals surface area contributed by atoms with Crippen LogP contribution in [-0.2, 0) is 6.54 Å². The maximum atomic E-state index is 13.2. The van der Waals surface area contributed by atoms with Crippen LogP contribution < -0.4 is 0 Å². The van der Waals surface area contributed by atoms with Gasteiger partial charge in [0.1, 0.15) is 5.82 Å². The van der Waals surface area contributed by atoms with Crippen LogP contribution in [-0.4, -0.2) is 27.9 Å². The predicted octanol–water partition coefficient (Wildman–Crippen LogP) is 3.60. The molecule has 4 rings (SSSR count). The zero-order valence-corrected chi connectivity index (χ0v) is 13.2. The van der Waals surface area contributed by atoms with Crippen LogP contribution in [0.25, 0.3) is 0 Å². The van der Waals surface area contributed by atoms with Gasteiger partial charge in [0.05, 0.1) is 12.0 Å². The highest BCUT2D eigenvalue weighted by molar-refractivity contribution is 5.29. The first-order valence-electron chi connectivity index (χ1n) is 8.34. The normalized spacial score (nSPS) is 29.0. The molecule has 0 aliphatic carbocycles. The second-order valence-corrected chi connectivity index (χ2v) is 6.72. The second-order valence-electron chi connectivity index (χ2n) is 6.72. The van der Waals surface area contributed by atoms with E-state index < -0.39 is 6.04 Å². The molecule has 5 heteroatoms. The summed E-state index contributed by atoms with van der Waals surface area (Å²) >= 11 is 0. The van der Waals surface area contributed by atoms with Crippen molar-refractivity contribution >= 4 is 0 Å². The van der Waals surface area contributed by atoms with Crippen LogP contribution in [0, 0.1) is 15.9 Å². The van der Waals surface area contributed by atoms with Crippen LogP contribution in [0.5, 0.6) is 0 Å². The summed E-state index contributed by atoms with van der Waals surface area (Å²) in [7, 11) is 0. The fourth-order valence-corrected chi connectivity index (χ4v) is 4.54. The van der Waals surface area contributed by atoms with Crippen molar-refractivity contribution < 1.29 is 9.31 Å². The van der Waals surface area contributed by atoms with Crippen LogP contribution in [0.3, 0.4) is 0 Å². The summed E-state index contributed by atoms with van der Waals surface area (Å²) in [5.41, 5.74) is 2.06. The standard InChI is InChI=1S/C19H19FN2O2/c20-15-8-6-14(7-9-15)18-16-10-11-17(19(18)22(23)24)21(16)12-13-4-2-1-3-5-13/h1-9,16-19H,10-12H2/t16-,17-,18+,19+/m1/s1. The molecule has 0 aromatic heterocycles. The largest absolute Gasteiger partial charge is 0.286 e. The lowest BCUT2D eigenvalue weighted by Gasteiger charge is -2.24. The number of rotatable bonds is 4. The van der Waals surface area contributed by atoms with Crippen LogP contribution in [0.1, 0.15) is 29.9 Å². The molecule has 2 aliphatic rings. The first-order chi connectivity index (χ1) is 11.6. The van der Waals surface area contributed by atoms with Gasteiger partial charge in [0.25, 0.3) is 0 Å². The van der Waals surface area contributed by atoms with Gasteiger partial charge in [-0.1, -0.05) is 42.5 Å². The highest BCUT2D eigenvalue weighted by atomic mass is 19.1. The molecule has 4 atom stereocenters. The molecule has 4 nitrogen and oxygen atoms in total. The Balaban J connectivity index is 1.67. The lowest BCUT2D eigenvalue weighted by molar-refractivity contribution is -0.529. The van der Waals surface area contributed by atoms with E-state index in [-0.39, 0.29) is 28.7 Å². The van der Waals surface area contributed by atoms with Crippen molar-refractivity contribution in [1.29, 1.82) is 0 Å². The minimum absolute atomic E-state index is 0.0414. The number of nitrogens with zero attached hydrogens (tertiary/aromatic N) is 2. The Morgan fingerprint density at radius 1 is 1.04 bits per heavy atom. The van der Waals surface area contributed by atoms with Crippen LogP contribution >= 0.6 is 0 Å². The van der Waals surface area contributed by atoms with Gasteiger partial charge in [-0.05, 0) is 36.1 Å². The molecule has 24 heavy (non-hydrogen) atoms. The smallest absolute Gasteiger partial charge is 0.236 e. The fraction of sp³-hybridized carbons (Fsp3) is 0.368. The van der Waals surface area contributed by atoms with Crippen molar-refractivity contribution in [2.24, 2.45) is 0 Å². The molecule has 2 fully saturated rings. The number of hydrogen-bond donors (Lipinski definition) is 0. The van der Waals surface area contributed by atoms with Gasteiger partial charge in [-0.3, -0.25) is 15.0 Å². The fourth-order valence-electron chi connectivity index (χ4n) is 4.54. The Bertz CT molecular complexity index is 735. The molecule has 0 saturated carbocycles. The molecule has 2 aromatic rings. The minimum atomic E-state index is -0.613. The minimum Gasteiger partial charge on any atom is -0.286 e. The maximum absolute atomic E-state index is 13.2. The molecule has 2 aromatic carbocycles. The Labute approximate surface area is 140 Å². The van der Waals surface area contributed by atoms with Gasteiger partial charge in [-0.25, -0.2) is 4.39 Å². The van der Waals surface area contributed by atoms with Gasteiger partial charge in [0, 0.05) is 17.5 Å². The number of halogens is 1. The Kier molecular flexibility index (Phi) is 3.81. The molecule has 2 bridgehead atoms. The van der Waals surface area contributed by atoms with Crippen molar-refractivity contribution in [2.75, 3.05) is 0 Å². The van der Waals surface area contributed by atoms with Crippen molar-refractivity contribution in [2.45, 2.75) is 43.4 Å². The van der Waals surface area contributed by atoms with Crippen molar-refractivity contribution in [3.63, 3.8) is 0 Å². The first-order valence-corrected chi connectivity index (χ1v) is 8.34. The Hall–Kier alpha value is -2.27. The highest BCUT2D eigenvalue weighted by Crippen LogP contribution is 2.48. The Morgan fingerprint density at radius 2 is 1.71 bits per heavy atom. The van der Waals surface area contributed by atoms with Gasteiger partial charge in [-0.2, -0.15) is 0 Å². The van der Waals surface area contributed by atoms with Gasteiger partial charge < -0.3 is 0 Å². The van der Waals surface area contributed by atoms with Crippen LogP contribution in [0.4, 0.5) is 4.39 Å². The molecule has 0 amide bonds. The number of nitro groups is 1. The molecular weight excluding hydrogens is 307 g/mol. The molecule has 0 unspecified atom stereocenters. The number of benzene rings is 2. The average Bonchev–Trinajstić information content (AvgIpc) is 3.11. The van der Waals surface area contributed by atoms with Gasteiger partial charge in [-0.15, -0.1) is 0 Å². The lowest BCUT2D eigenvalue weighted by Crippen LogP contribution is -2.38. The average molecular weight is 326 g/mol. The van der Waals surface area contributed by atoms with E-state index in [1.165, 1.54) is 17.7 Å². The van der Waals surface area contributed by atoms with E-state index in [4.69, 9.17) is 0 Å². The summed E-state index contributed by atoms with van der Waals surface area (Å²) < 4.78 is 13.2. The third-order valence-corrected chi connectivity index (χ3v) is 5.49. The molecule has 2 saturated heterocycles. The van der Waals surface area contributed by atoms with Gasteiger partial charge >= 0.3 is 0 Å². The van der Waals surface area contributed by atoms with Crippen molar-refractivity contribution in [3.05, 3.63) is 81.7 Å². The number of hydrogen-bond acceptors (Lipinski definition) is 3. The maximum Gasteiger partial charge on any atom is 0.236 e. The summed E-state index contributed by atoms with van der Waals surface area (Å²) in [4.78, 5) is 13.9. The van der Waals surface area contributed by atoms with Crippen molar-refractivity contribution in [1.82, 2.24) is 4.90 Å². The van der Waals surface area contributed by atoms with E-state index in [1.54, 1.807) is 12.1 Å². The highest BCUT2D eigenvalue weighted by Gasteiger charge is 2.59. The number of fused-ring (bicyclic) bond motifs is 2. The van der Waals surface area contributed by atoms with E-state index in [1.807, 2.05) is 18.2 Å². The molecule has 2 heterocycles. The second kappa shape index (κ2) is 5.98. The lowest BCUT2D eigenvalue weighted by atomic mass is 9.80. The van der Waals surface area contributed by atoms with Crippen molar-refractivity contribution in [3.8, 4) is 0 Å². The SMILES string of the molecule is O=[N+]([O-])[C@@H]1[C@@H](c2ccc(F)cc2)[C@H]2CC[C@H]1N2Cc1ccccc1. The molecule has 124 valence electrons. The van der Waals surface area contributed by atoms with Gasteiger partial charge in [0.15, 0.2) is 0 Å². The molecule has 2 aliphatic heterocycles. The van der Waals surface area contributed by atoms with Crippen LogP contribution in [0.15, 0.2) is 54.6 Å². The molecular formula is C19H19FN2O2. The topological polar surface area (TPSA) is 46.4 Å². The first kappa shape index (κ1) is 15.3. The quantitative estimate of drug-likeness (QED) is 0.637. The van der Waals surface area contributed by atoms with Gasteiger partial charge in [0.2, 0.25) is 6.04 Å². The summed E-state index contributed by atoms with van der Waals surface area (Å²) in [5.74, 6) is -0.469. The van der Waals surface area contributed by atoms with E-state index in [0.29, 0.717) is 0 Å². The summed E-state index contributed by atoms with van der Waals surface area (Å²) in [5, 5.41) is 11.7. The monoisotopic (exact) mass is 326 g/mol. The molecule has 0 radical (unpaired) electrons. The predicted molar refractivity (Wildman–Crippen MR) is 88.7 cm³/mol. The summed E-state index contributed by atoms with van der Waals surface area (Å²) in [6, 6.07) is 15.8. The molecule has 0 spiro atoms. The van der Waals surface area contributed by atoms with Crippen LogP contribution in [0.2, 0.25) is 0 Å². The summed E-state index contributed by atoms with van der Waals surface area (Å²) in [6.45, 7) is 0.734.